The molecule has 0 aliphatic carbocycles. The zero-order valence-corrected chi connectivity index (χ0v) is 15.1. The molecule has 2 unspecified atom stereocenters. The molecular weight excluding hydrogens is 355 g/mol. The highest BCUT2D eigenvalue weighted by atomic mass is 31.2. The van der Waals surface area contributed by atoms with Crippen LogP contribution < -0.4 is 10.4 Å². The standard InChI is InChI=1S/C18H21N2O5P/c1-13(17(21)19-16-9-7-15(8-10-16)18(22)23)20-26(24,25)12-11-14-5-3-2-4-6-14/h2-10,13H,11-12H2,1H3,(H,19,21)(H,22,23)(H2,20,24,25). The van der Waals surface area contributed by atoms with Crippen LogP contribution in [0.1, 0.15) is 22.8 Å². The summed E-state index contributed by atoms with van der Waals surface area (Å²) < 4.78 is 12.3. The maximum Gasteiger partial charge on any atom is 0.335 e. The van der Waals surface area contributed by atoms with Gasteiger partial charge in [-0.2, -0.15) is 0 Å². The summed E-state index contributed by atoms with van der Waals surface area (Å²) in [4.78, 5) is 33.0. The zero-order valence-electron chi connectivity index (χ0n) is 14.3. The molecule has 0 fully saturated rings. The molecule has 0 aromatic heterocycles. The van der Waals surface area contributed by atoms with Crippen molar-refractivity contribution in [1.82, 2.24) is 5.09 Å². The second-order valence-electron chi connectivity index (χ2n) is 5.88. The van der Waals surface area contributed by atoms with Crippen molar-refractivity contribution in [1.29, 1.82) is 0 Å². The molecule has 26 heavy (non-hydrogen) atoms. The van der Waals surface area contributed by atoms with Crippen molar-refractivity contribution in [2.75, 3.05) is 11.5 Å². The van der Waals surface area contributed by atoms with Gasteiger partial charge in [0.15, 0.2) is 0 Å². The van der Waals surface area contributed by atoms with E-state index in [0.29, 0.717) is 12.1 Å². The molecule has 2 aromatic rings. The number of carbonyl (C=O) groups excluding carboxylic acids is 1. The molecule has 4 N–H and O–H groups in total. The monoisotopic (exact) mass is 376 g/mol. The van der Waals surface area contributed by atoms with Gasteiger partial charge in [0, 0.05) is 11.8 Å². The molecule has 2 aromatic carbocycles. The number of carboxylic acids is 1. The van der Waals surface area contributed by atoms with E-state index in [2.05, 4.69) is 10.4 Å². The fraction of sp³-hybridized carbons (Fsp3) is 0.222. The lowest BCUT2D eigenvalue weighted by Crippen LogP contribution is -2.36. The van der Waals surface area contributed by atoms with Gasteiger partial charge in [-0.25, -0.2) is 9.88 Å². The Morgan fingerprint density at radius 2 is 1.69 bits per heavy atom. The normalized spacial score (nSPS) is 14.2. The molecule has 0 aliphatic rings. The minimum absolute atomic E-state index is 0.0158. The fourth-order valence-corrected chi connectivity index (χ4v) is 3.71. The Labute approximate surface area is 151 Å². The van der Waals surface area contributed by atoms with Gasteiger partial charge in [0.2, 0.25) is 5.91 Å². The molecule has 0 aliphatic heterocycles. The molecular formula is C18H21N2O5P. The molecule has 2 rings (SSSR count). The topological polar surface area (TPSA) is 116 Å². The van der Waals surface area contributed by atoms with E-state index in [1.807, 2.05) is 30.3 Å². The average Bonchev–Trinajstić information content (AvgIpc) is 2.61. The summed E-state index contributed by atoms with van der Waals surface area (Å²) in [6.45, 7) is 1.49. The third kappa shape index (κ3) is 6.11. The summed E-state index contributed by atoms with van der Waals surface area (Å²) in [5.74, 6) is -1.54. The quantitative estimate of drug-likeness (QED) is 0.527. The molecule has 0 spiro atoms. The van der Waals surface area contributed by atoms with E-state index >= 15 is 0 Å². The Balaban J connectivity index is 1.88. The van der Waals surface area contributed by atoms with E-state index in [0.717, 1.165) is 5.56 Å². The summed E-state index contributed by atoms with van der Waals surface area (Å²) in [6, 6.07) is 14.1. The van der Waals surface area contributed by atoms with Gasteiger partial charge in [-0.1, -0.05) is 30.3 Å². The largest absolute Gasteiger partial charge is 0.478 e. The van der Waals surface area contributed by atoms with E-state index in [1.54, 1.807) is 0 Å². The van der Waals surface area contributed by atoms with E-state index in [-0.39, 0.29) is 11.7 Å². The maximum atomic E-state index is 12.3. The highest BCUT2D eigenvalue weighted by Crippen LogP contribution is 2.36. The summed E-state index contributed by atoms with van der Waals surface area (Å²) >= 11 is 0. The molecule has 7 nitrogen and oxygen atoms in total. The molecule has 0 bridgehead atoms. The lowest BCUT2D eigenvalue weighted by molar-refractivity contribution is -0.117. The number of benzene rings is 2. The molecule has 8 heteroatoms. The number of carbonyl (C=O) groups is 2. The molecule has 1 amide bonds. The van der Waals surface area contributed by atoms with Crippen molar-refractivity contribution in [3.8, 4) is 0 Å². The van der Waals surface area contributed by atoms with Crippen LogP contribution in [0.2, 0.25) is 0 Å². The van der Waals surface area contributed by atoms with Crippen molar-refractivity contribution >= 4 is 25.1 Å². The summed E-state index contributed by atoms with van der Waals surface area (Å²) in [5, 5.41) is 13.9. The van der Waals surface area contributed by atoms with Crippen LogP contribution in [-0.2, 0) is 15.8 Å². The molecule has 0 heterocycles. The van der Waals surface area contributed by atoms with E-state index < -0.39 is 25.4 Å². The van der Waals surface area contributed by atoms with Crippen LogP contribution in [0.5, 0.6) is 0 Å². The van der Waals surface area contributed by atoms with Crippen LogP contribution in [0, 0.1) is 0 Å². The van der Waals surface area contributed by atoms with Crippen molar-refractivity contribution < 1.29 is 24.2 Å². The van der Waals surface area contributed by atoms with Crippen molar-refractivity contribution in [2.45, 2.75) is 19.4 Å². The first-order chi connectivity index (χ1) is 12.3. The molecule has 0 radical (unpaired) electrons. The van der Waals surface area contributed by atoms with Crippen LogP contribution in [0.4, 0.5) is 5.69 Å². The first-order valence-electron chi connectivity index (χ1n) is 8.04. The Kier molecular flexibility index (Phi) is 6.69. The van der Waals surface area contributed by atoms with E-state index in [4.69, 9.17) is 5.11 Å². The lowest BCUT2D eigenvalue weighted by Gasteiger charge is -2.19. The summed E-state index contributed by atoms with van der Waals surface area (Å²) in [6.07, 6.45) is 0.439. The first-order valence-corrected chi connectivity index (χ1v) is 9.89. The lowest BCUT2D eigenvalue weighted by atomic mass is 10.2. The van der Waals surface area contributed by atoms with Gasteiger partial charge in [-0.05, 0) is 43.2 Å². The highest BCUT2D eigenvalue weighted by Gasteiger charge is 2.24. The average molecular weight is 376 g/mol. The number of hydrogen-bond acceptors (Lipinski definition) is 3. The Hall–Kier alpha value is -2.47. The van der Waals surface area contributed by atoms with Gasteiger partial charge in [0.25, 0.3) is 7.52 Å². The fourth-order valence-electron chi connectivity index (χ4n) is 2.30. The predicted molar refractivity (Wildman–Crippen MR) is 99.5 cm³/mol. The number of anilines is 1. The van der Waals surface area contributed by atoms with Crippen molar-refractivity contribution in [2.24, 2.45) is 0 Å². The smallest absolute Gasteiger partial charge is 0.335 e. The number of carboxylic acid groups (broad SMARTS) is 1. The predicted octanol–water partition coefficient (Wildman–Crippen LogP) is 2.73. The second-order valence-corrected chi connectivity index (χ2v) is 7.99. The van der Waals surface area contributed by atoms with Gasteiger partial charge in [0.1, 0.15) is 0 Å². The maximum absolute atomic E-state index is 12.3. The number of amides is 1. The molecule has 0 saturated carbocycles. The molecule has 0 saturated heterocycles. The summed E-state index contributed by atoms with van der Waals surface area (Å²) in [5.41, 5.74) is 1.46. The van der Waals surface area contributed by atoms with Crippen LogP contribution in [-0.4, -0.2) is 34.1 Å². The van der Waals surface area contributed by atoms with Crippen LogP contribution in [0.25, 0.3) is 0 Å². The SMILES string of the molecule is CC(NP(=O)(O)CCc1ccccc1)C(=O)Nc1ccc(C(=O)O)cc1. The second kappa shape index (κ2) is 8.76. The minimum Gasteiger partial charge on any atom is -0.478 e. The van der Waals surface area contributed by atoms with Crippen molar-refractivity contribution in [3.05, 3.63) is 65.7 Å². The molecule has 138 valence electrons. The molecule has 2 atom stereocenters. The Bertz CT molecular complexity index is 808. The number of hydrogen-bond donors (Lipinski definition) is 4. The third-order valence-electron chi connectivity index (χ3n) is 3.73. The Morgan fingerprint density at radius 1 is 1.08 bits per heavy atom. The Morgan fingerprint density at radius 3 is 2.27 bits per heavy atom. The first kappa shape index (κ1) is 19.8. The van der Waals surface area contributed by atoms with Gasteiger partial charge >= 0.3 is 5.97 Å². The van der Waals surface area contributed by atoms with Gasteiger partial charge in [0.05, 0.1) is 11.6 Å². The highest BCUT2D eigenvalue weighted by molar-refractivity contribution is 7.55. The van der Waals surface area contributed by atoms with E-state index in [9.17, 15) is 19.0 Å². The van der Waals surface area contributed by atoms with Gasteiger partial charge in [-0.3, -0.25) is 9.36 Å². The number of nitrogens with one attached hydrogen (secondary N) is 2. The zero-order chi connectivity index (χ0) is 19.2. The van der Waals surface area contributed by atoms with Gasteiger partial charge in [-0.15, -0.1) is 0 Å². The minimum atomic E-state index is -3.68. The van der Waals surface area contributed by atoms with Crippen LogP contribution in [0.3, 0.4) is 0 Å². The van der Waals surface area contributed by atoms with Crippen molar-refractivity contribution in [3.63, 3.8) is 0 Å². The van der Waals surface area contributed by atoms with Crippen LogP contribution >= 0.6 is 7.52 Å². The summed E-state index contributed by atoms with van der Waals surface area (Å²) in [7, 11) is -3.68. The van der Waals surface area contributed by atoms with Gasteiger partial charge < -0.3 is 15.3 Å². The van der Waals surface area contributed by atoms with E-state index in [1.165, 1.54) is 31.2 Å². The number of aryl methyl sites for hydroxylation is 1. The number of rotatable bonds is 8. The number of aromatic carboxylic acids is 1. The third-order valence-corrected chi connectivity index (χ3v) is 5.35. The van der Waals surface area contributed by atoms with Crippen LogP contribution in [0.15, 0.2) is 54.6 Å².